The van der Waals surface area contributed by atoms with Crippen molar-refractivity contribution in [1.82, 2.24) is 0 Å². The fraction of sp³-hybridized carbons (Fsp3) is 0.381. The highest BCUT2D eigenvalue weighted by molar-refractivity contribution is 8.00. The molecule has 1 saturated carbocycles. The third kappa shape index (κ3) is 4.79. The monoisotopic (exact) mass is 355 g/mol. The number of rotatable bonds is 6. The summed E-state index contributed by atoms with van der Waals surface area (Å²) in [4.78, 5) is 13.7. The fourth-order valence-electron chi connectivity index (χ4n) is 3.21. The maximum absolute atomic E-state index is 12.5. The normalized spacial score (nSPS) is 14.5. The van der Waals surface area contributed by atoms with Gasteiger partial charge in [0.15, 0.2) is 0 Å². The molecule has 0 aromatic heterocycles. The van der Waals surface area contributed by atoms with Crippen molar-refractivity contribution >= 4 is 23.4 Å². The molecular weight excluding hydrogens is 330 g/mol. The molecule has 25 heavy (non-hydrogen) atoms. The maximum atomic E-state index is 12.5. The minimum absolute atomic E-state index is 0.00498. The van der Waals surface area contributed by atoms with E-state index in [1.807, 2.05) is 55.1 Å². The van der Waals surface area contributed by atoms with Gasteiger partial charge in [-0.1, -0.05) is 37.1 Å². The summed E-state index contributed by atoms with van der Waals surface area (Å²) in [7, 11) is 1.66. The second-order valence-corrected chi connectivity index (χ2v) is 7.89. The standard InChI is InChI=1S/C21H25NO2S/c1-15-11-12-16(13-19(15)24-2)14-21(23)22-18-9-5-6-10-20(18)25-17-7-3-4-8-17/h5-6,9-13,17H,3-4,7-8,14H2,1-2H3,(H,22,23). The number of anilines is 1. The lowest BCUT2D eigenvalue weighted by Gasteiger charge is -2.14. The van der Waals surface area contributed by atoms with Crippen LogP contribution in [0.3, 0.4) is 0 Å². The summed E-state index contributed by atoms with van der Waals surface area (Å²) in [6.07, 6.45) is 5.54. The zero-order valence-corrected chi connectivity index (χ0v) is 15.7. The van der Waals surface area contributed by atoms with Crippen molar-refractivity contribution in [3.8, 4) is 5.75 Å². The lowest BCUT2D eigenvalue weighted by molar-refractivity contribution is -0.115. The van der Waals surface area contributed by atoms with E-state index in [2.05, 4.69) is 11.4 Å². The lowest BCUT2D eigenvalue weighted by Crippen LogP contribution is -2.15. The van der Waals surface area contributed by atoms with Gasteiger partial charge in [-0.2, -0.15) is 0 Å². The van der Waals surface area contributed by atoms with Crippen LogP contribution >= 0.6 is 11.8 Å². The van der Waals surface area contributed by atoms with Crippen molar-refractivity contribution < 1.29 is 9.53 Å². The van der Waals surface area contributed by atoms with Crippen LogP contribution in [-0.4, -0.2) is 18.3 Å². The van der Waals surface area contributed by atoms with Crippen LogP contribution in [0, 0.1) is 6.92 Å². The highest BCUT2D eigenvalue weighted by atomic mass is 32.2. The molecule has 0 atom stereocenters. The zero-order valence-electron chi connectivity index (χ0n) is 14.9. The first-order valence-corrected chi connectivity index (χ1v) is 9.72. The molecule has 0 spiro atoms. The van der Waals surface area contributed by atoms with E-state index < -0.39 is 0 Å². The summed E-state index contributed by atoms with van der Waals surface area (Å²) in [5.74, 6) is 0.827. The summed E-state index contributed by atoms with van der Waals surface area (Å²) in [5.41, 5.74) is 2.95. The molecular formula is C21H25NO2S. The van der Waals surface area contributed by atoms with Gasteiger partial charge in [0.05, 0.1) is 19.2 Å². The highest BCUT2D eigenvalue weighted by Gasteiger charge is 2.18. The Morgan fingerprint density at radius 2 is 1.96 bits per heavy atom. The number of carbonyl (C=O) groups excluding carboxylic acids is 1. The Balaban J connectivity index is 1.66. The van der Waals surface area contributed by atoms with Gasteiger partial charge >= 0.3 is 0 Å². The predicted octanol–water partition coefficient (Wildman–Crippen LogP) is 5.22. The zero-order chi connectivity index (χ0) is 17.6. The average molecular weight is 356 g/mol. The van der Waals surface area contributed by atoms with Gasteiger partial charge in [0.2, 0.25) is 5.91 Å². The van der Waals surface area contributed by atoms with Crippen LogP contribution in [0.1, 0.15) is 36.8 Å². The minimum Gasteiger partial charge on any atom is -0.496 e. The van der Waals surface area contributed by atoms with Crippen molar-refractivity contribution in [2.45, 2.75) is 49.2 Å². The molecule has 3 nitrogen and oxygen atoms in total. The molecule has 0 heterocycles. The summed E-state index contributed by atoms with van der Waals surface area (Å²) in [5, 5.41) is 3.76. The number of thioether (sulfide) groups is 1. The number of para-hydroxylation sites is 1. The van der Waals surface area contributed by atoms with Gasteiger partial charge in [-0.3, -0.25) is 4.79 Å². The Morgan fingerprint density at radius 3 is 2.72 bits per heavy atom. The molecule has 1 amide bonds. The number of hydrogen-bond acceptors (Lipinski definition) is 3. The van der Waals surface area contributed by atoms with Gasteiger partial charge in [0.25, 0.3) is 0 Å². The molecule has 1 aliphatic carbocycles. The van der Waals surface area contributed by atoms with E-state index >= 15 is 0 Å². The Hall–Kier alpha value is -1.94. The highest BCUT2D eigenvalue weighted by Crippen LogP contribution is 2.38. The Labute approximate surface area is 154 Å². The minimum atomic E-state index is 0.00498. The topological polar surface area (TPSA) is 38.3 Å². The molecule has 132 valence electrons. The van der Waals surface area contributed by atoms with Gasteiger partial charge in [0.1, 0.15) is 5.75 Å². The van der Waals surface area contributed by atoms with Crippen molar-refractivity contribution in [2.24, 2.45) is 0 Å². The third-order valence-electron chi connectivity index (χ3n) is 4.59. The lowest BCUT2D eigenvalue weighted by atomic mass is 10.1. The van der Waals surface area contributed by atoms with Crippen LogP contribution in [0.4, 0.5) is 5.69 Å². The van der Waals surface area contributed by atoms with Crippen LogP contribution < -0.4 is 10.1 Å². The number of ether oxygens (including phenoxy) is 1. The van der Waals surface area contributed by atoms with Crippen molar-refractivity contribution in [1.29, 1.82) is 0 Å². The van der Waals surface area contributed by atoms with Crippen molar-refractivity contribution in [3.05, 3.63) is 53.6 Å². The molecule has 0 radical (unpaired) electrons. The van der Waals surface area contributed by atoms with Crippen LogP contribution in [0.15, 0.2) is 47.4 Å². The van der Waals surface area contributed by atoms with E-state index in [-0.39, 0.29) is 5.91 Å². The van der Waals surface area contributed by atoms with Crippen LogP contribution in [0.25, 0.3) is 0 Å². The number of aryl methyl sites for hydroxylation is 1. The van der Waals surface area contributed by atoms with E-state index in [1.54, 1.807) is 7.11 Å². The van der Waals surface area contributed by atoms with E-state index in [1.165, 1.54) is 30.6 Å². The number of benzene rings is 2. The van der Waals surface area contributed by atoms with Crippen molar-refractivity contribution in [2.75, 3.05) is 12.4 Å². The molecule has 0 unspecified atom stereocenters. The van der Waals surface area contributed by atoms with E-state index in [9.17, 15) is 4.79 Å². The van der Waals surface area contributed by atoms with E-state index in [4.69, 9.17) is 4.74 Å². The summed E-state index contributed by atoms with van der Waals surface area (Å²) < 4.78 is 5.34. The molecule has 3 rings (SSSR count). The van der Waals surface area contributed by atoms with E-state index in [0.717, 1.165) is 22.6 Å². The van der Waals surface area contributed by atoms with E-state index in [0.29, 0.717) is 11.7 Å². The smallest absolute Gasteiger partial charge is 0.228 e. The van der Waals surface area contributed by atoms with Gasteiger partial charge in [-0.05, 0) is 49.1 Å². The molecule has 2 aromatic carbocycles. The Bertz CT molecular complexity index is 738. The molecule has 0 bridgehead atoms. The van der Waals surface area contributed by atoms with Gasteiger partial charge in [-0.15, -0.1) is 11.8 Å². The number of hydrogen-bond donors (Lipinski definition) is 1. The molecule has 2 aromatic rings. The Kier molecular flexibility index (Phi) is 6.03. The first kappa shape index (κ1) is 17.9. The van der Waals surface area contributed by atoms with Gasteiger partial charge in [0, 0.05) is 10.1 Å². The SMILES string of the molecule is COc1cc(CC(=O)Nc2ccccc2SC2CCCC2)ccc1C. The third-order valence-corrected chi connectivity index (χ3v) is 6.01. The average Bonchev–Trinajstić information content (AvgIpc) is 3.11. The number of nitrogens with one attached hydrogen (secondary N) is 1. The first-order valence-electron chi connectivity index (χ1n) is 8.85. The Morgan fingerprint density at radius 1 is 1.20 bits per heavy atom. The van der Waals surface area contributed by atoms with Crippen LogP contribution in [-0.2, 0) is 11.2 Å². The van der Waals surface area contributed by atoms with Gasteiger partial charge in [-0.25, -0.2) is 0 Å². The summed E-state index contributed by atoms with van der Waals surface area (Å²) in [6.45, 7) is 2.00. The maximum Gasteiger partial charge on any atom is 0.228 e. The number of methoxy groups -OCH3 is 1. The van der Waals surface area contributed by atoms with Crippen LogP contribution in [0.2, 0.25) is 0 Å². The predicted molar refractivity (Wildman–Crippen MR) is 105 cm³/mol. The number of carbonyl (C=O) groups is 1. The quantitative estimate of drug-likeness (QED) is 0.772. The molecule has 0 aliphatic heterocycles. The molecule has 1 aliphatic rings. The van der Waals surface area contributed by atoms with Crippen LogP contribution in [0.5, 0.6) is 5.75 Å². The fourth-order valence-corrected chi connectivity index (χ4v) is 4.54. The molecule has 0 saturated heterocycles. The second-order valence-electron chi connectivity index (χ2n) is 6.55. The van der Waals surface area contributed by atoms with Gasteiger partial charge < -0.3 is 10.1 Å². The summed E-state index contributed by atoms with van der Waals surface area (Å²) >= 11 is 1.90. The summed E-state index contributed by atoms with van der Waals surface area (Å²) in [6, 6.07) is 14.0. The molecule has 1 N–H and O–H groups in total. The number of amides is 1. The first-order chi connectivity index (χ1) is 12.2. The van der Waals surface area contributed by atoms with Crippen molar-refractivity contribution in [3.63, 3.8) is 0 Å². The second kappa shape index (κ2) is 8.43. The largest absolute Gasteiger partial charge is 0.496 e. The molecule has 1 fully saturated rings. The molecule has 4 heteroatoms.